The van der Waals surface area contributed by atoms with Gasteiger partial charge in [-0.2, -0.15) is 0 Å². The molecule has 2 aromatic carbocycles. The molecule has 0 unspecified atom stereocenters. The number of para-hydroxylation sites is 3. The van der Waals surface area contributed by atoms with E-state index < -0.39 is 6.10 Å². The van der Waals surface area contributed by atoms with Crippen molar-refractivity contribution >= 4 is 17.0 Å². The number of aromatic nitrogens is 2. The van der Waals surface area contributed by atoms with Crippen LogP contribution in [0.5, 0.6) is 5.75 Å². The number of rotatable bonds is 10. The van der Waals surface area contributed by atoms with Crippen molar-refractivity contribution in [2.24, 2.45) is 0 Å². The van der Waals surface area contributed by atoms with E-state index in [1.165, 1.54) is 0 Å². The average molecular weight is 385 g/mol. The maximum Gasteiger partial charge on any atom is 0.356 e. The second kappa shape index (κ2) is 9.57. The van der Waals surface area contributed by atoms with E-state index in [2.05, 4.69) is 30.5 Å². The van der Waals surface area contributed by atoms with Crippen molar-refractivity contribution in [3.05, 3.63) is 54.6 Å². The van der Waals surface area contributed by atoms with Crippen LogP contribution in [-0.2, 0) is 13.1 Å². The highest BCUT2D eigenvalue weighted by Gasteiger charge is 2.23. The van der Waals surface area contributed by atoms with Crippen molar-refractivity contribution in [3.63, 3.8) is 0 Å². The van der Waals surface area contributed by atoms with Gasteiger partial charge in [-0.25, -0.2) is 9.13 Å². The number of ether oxygens (including phenoxy) is 1. The molecule has 0 aliphatic rings. The first-order valence-corrected chi connectivity index (χ1v) is 10.1. The molecule has 1 heterocycles. The molecule has 0 spiro atoms. The van der Waals surface area contributed by atoms with Crippen LogP contribution in [0, 0.1) is 0 Å². The Kier molecular flexibility index (Phi) is 6.90. The van der Waals surface area contributed by atoms with Gasteiger partial charge in [0.25, 0.3) is 0 Å². The van der Waals surface area contributed by atoms with E-state index in [1.54, 1.807) is 4.90 Å². The first kappa shape index (κ1) is 20.2. The molecule has 6 nitrogen and oxygen atoms in total. The molecular formula is C22H32N4O2+2. The van der Waals surface area contributed by atoms with E-state index in [4.69, 9.17) is 10.5 Å². The third-order valence-electron chi connectivity index (χ3n) is 5.28. The highest BCUT2D eigenvalue weighted by Crippen LogP contribution is 2.16. The Morgan fingerprint density at radius 3 is 2.46 bits per heavy atom. The molecule has 0 amide bonds. The molecule has 0 bridgehead atoms. The number of likely N-dealkylation sites (N-methyl/N-ethyl adjacent to an activating group) is 1. The number of benzene rings is 2. The van der Waals surface area contributed by atoms with Crippen LogP contribution in [0.2, 0.25) is 0 Å². The predicted octanol–water partition coefficient (Wildman–Crippen LogP) is 0.876. The predicted molar refractivity (Wildman–Crippen MR) is 111 cm³/mol. The normalized spacial score (nSPS) is 12.6. The summed E-state index contributed by atoms with van der Waals surface area (Å²) in [5.41, 5.74) is 8.64. The summed E-state index contributed by atoms with van der Waals surface area (Å²) in [5.74, 6) is 1.43. The van der Waals surface area contributed by atoms with E-state index in [0.29, 0.717) is 12.5 Å². The number of nitrogen functional groups attached to an aromatic ring is 1. The molecule has 1 atom stereocenters. The van der Waals surface area contributed by atoms with Gasteiger partial charge >= 0.3 is 5.95 Å². The van der Waals surface area contributed by atoms with Crippen LogP contribution in [-0.4, -0.2) is 42.0 Å². The van der Waals surface area contributed by atoms with Crippen molar-refractivity contribution in [3.8, 4) is 5.75 Å². The molecule has 0 saturated heterocycles. The fraction of sp³-hybridized carbons (Fsp3) is 0.409. The second-order valence-electron chi connectivity index (χ2n) is 7.09. The maximum atomic E-state index is 10.5. The largest absolute Gasteiger partial charge is 0.491 e. The average Bonchev–Trinajstić information content (AvgIpc) is 2.99. The Morgan fingerprint density at radius 1 is 1.07 bits per heavy atom. The summed E-state index contributed by atoms with van der Waals surface area (Å²) in [6.45, 7) is 9.11. The van der Waals surface area contributed by atoms with Crippen LogP contribution >= 0.6 is 0 Å². The number of hydrogen-bond donors (Lipinski definition) is 3. The van der Waals surface area contributed by atoms with Crippen LogP contribution in [0.15, 0.2) is 54.6 Å². The van der Waals surface area contributed by atoms with Crippen molar-refractivity contribution in [2.75, 3.05) is 32.0 Å². The fourth-order valence-electron chi connectivity index (χ4n) is 3.59. The minimum atomic E-state index is -0.653. The minimum absolute atomic E-state index is 0.222. The lowest BCUT2D eigenvalue weighted by Gasteiger charge is -2.14. The molecule has 4 N–H and O–H groups in total. The molecule has 150 valence electrons. The fourth-order valence-corrected chi connectivity index (χ4v) is 3.59. The highest BCUT2D eigenvalue weighted by molar-refractivity contribution is 5.73. The van der Waals surface area contributed by atoms with E-state index in [9.17, 15) is 5.11 Å². The molecule has 0 radical (unpaired) electrons. The maximum absolute atomic E-state index is 10.5. The van der Waals surface area contributed by atoms with Gasteiger partial charge in [-0.3, -0.25) is 5.73 Å². The molecule has 0 aliphatic carbocycles. The summed E-state index contributed by atoms with van der Waals surface area (Å²) >= 11 is 0. The number of nitrogens with one attached hydrogen (secondary N) is 1. The number of nitrogens with two attached hydrogens (primary N) is 1. The van der Waals surface area contributed by atoms with Crippen molar-refractivity contribution in [1.82, 2.24) is 4.57 Å². The van der Waals surface area contributed by atoms with Gasteiger partial charge in [-0.15, -0.1) is 0 Å². The van der Waals surface area contributed by atoms with Gasteiger partial charge in [0.05, 0.1) is 13.1 Å². The molecule has 3 aromatic rings. The summed E-state index contributed by atoms with van der Waals surface area (Å²) in [6.07, 6.45) is -0.653. The molecule has 6 heteroatoms. The van der Waals surface area contributed by atoms with Crippen LogP contribution in [0.25, 0.3) is 11.0 Å². The molecular weight excluding hydrogens is 352 g/mol. The van der Waals surface area contributed by atoms with Gasteiger partial charge in [0.15, 0.2) is 0 Å². The number of anilines is 1. The van der Waals surface area contributed by atoms with E-state index in [0.717, 1.165) is 43.0 Å². The minimum Gasteiger partial charge on any atom is -0.491 e. The number of aliphatic hydroxyl groups is 1. The lowest BCUT2D eigenvalue weighted by Crippen LogP contribution is -3.11. The van der Waals surface area contributed by atoms with Crippen LogP contribution < -0.4 is 19.9 Å². The zero-order valence-electron chi connectivity index (χ0n) is 16.8. The number of aliphatic hydroxyl groups excluding tert-OH is 1. The number of hydrogen-bond acceptors (Lipinski definition) is 3. The molecule has 3 rings (SSSR count). The second-order valence-corrected chi connectivity index (χ2v) is 7.09. The number of nitrogens with zero attached hydrogens (tertiary/aromatic N) is 2. The monoisotopic (exact) mass is 384 g/mol. The summed E-state index contributed by atoms with van der Waals surface area (Å²) in [5, 5.41) is 10.5. The summed E-state index contributed by atoms with van der Waals surface area (Å²) in [7, 11) is 0. The lowest BCUT2D eigenvalue weighted by molar-refractivity contribution is -0.897. The summed E-state index contributed by atoms with van der Waals surface area (Å²) in [6, 6.07) is 17.7. The molecule has 0 saturated carbocycles. The number of imidazole rings is 1. The first-order chi connectivity index (χ1) is 13.6. The topological polar surface area (TPSA) is 68.7 Å². The Morgan fingerprint density at radius 2 is 1.75 bits per heavy atom. The third-order valence-corrected chi connectivity index (χ3v) is 5.28. The van der Waals surface area contributed by atoms with Crippen molar-refractivity contribution in [2.45, 2.75) is 33.0 Å². The highest BCUT2D eigenvalue weighted by atomic mass is 16.5. The van der Waals surface area contributed by atoms with Gasteiger partial charge in [0.2, 0.25) is 0 Å². The molecule has 0 aliphatic heterocycles. The lowest BCUT2D eigenvalue weighted by atomic mass is 10.3. The van der Waals surface area contributed by atoms with Crippen LogP contribution in [0.3, 0.4) is 0 Å². The molecule has 0 fully saturated rings. The zero-order valence-corrected chi connectivity index (χ0v) is 16.8. The Hall–Kier alpha value is -2.57. The van der Waals surface area contributed by atoms with Crippen molar-refractivity contribution in [1.29, 1.82) is 0 Å². The third kappa shape index (κ3) is 4.64. The number of quaternary nitrogens is 1. The van der Waals surface area contributed by atoms with Gasteiger partial charge in [0, 0.05) is 0 Å². The van der Waals surface area contributed by atoms with Crippen LogP contribution in [0.1, 0.15) is 13.8 Å². The zero-order chi connectivity index (χ0) is 19.9. The summed E-state index contributed by atoms with van der Waals surface area (Å²) < 4.78 is 9.84. The van der Waals surface area contributed by atoms with E-state index in [-0.39, 0.29) is 6.61 Å². The Balaban J connectivity index is 1.76. The molecule has 28 heavy (non-hydrogen) atoms. The van der Waals surface area contributed by atoms with Crippen LogP contribution in [0.4, 0.5) is 5.95 Å². The smallest absolute Gasteiger partial charge is 0.356 e. The summed E-state index contributed by atoms with van der Waals surface area (Å²) in [4.78, 5) is 1.54. The quantitative estimate of drug-likeness (QED) is 0.455. The van der Waals surface area contributed by atoms with Gasteiger partial charge in [0.1, 0.15) is 49.1 Å². The van der Waals surface area contributed by atoms with E-state index >= 15 is 0 Å². The Labute approximate surface area is 166 Å². The molecule has 1 aromatic heterocycles. The first-order valence-electron chi connectivity index (χ1n) is 10.1. The van der Waals surface area contributed by atoms with E-state index in [1.807, 2.05) is 47.0 Å². The standard InChI is InChI=1S/C22H30N4O2/c1-3-24(4-2)14-15-25-20-12-8-9-13-21(20)26(22(25)23)16-18(27)17-28-19-10-6-5-7-11-19/h5-13,18,23,27H,3-4,14-17H2,1-2H3/p+2/t18-/m0/s1. The van der Waals surface area contributed by atoms with Crippen molar-refractivity contribution < 1.29 is 19.3 Å². The van der Waals surface area contributed by atoms with Gasteiger partial charge in [-0.05, 0) is 38.1 Å². The van der Waals surface area contributed by atoms with Gasteiger partial charge in [-0.1, -0.05) is 30.3 Å². The number of fused-ring (bicyclic) bond motifs is 1. The van der Waals surface area contributed by atoms with Gasteiger partial charge < -0.3 is 14.7 Å². The SMILES string of the molecule is CC[NH+](CC)CCn1c(N)[n+](C[C@H](O)COc2ccccc2)c2ccccc21. The Bertz CT molecular complexity index is 875.